The number of benzene rings is 1. The first-order valence-electron chi connectivity index (χ1n) is 6.22. The molecular formula is C15H12N2O3S. The maximum atomic E-state index is 11.4. The topological polar surface area (TPSA) is 68.5 Å². The molecule has 1 aromatic carbocycles. The van der Waals surface area contributed by atoms with E-state index < -0.39 is 9.84 Å². The Balaban J connectivity index is 2.06. The van der Waals surface area contributed by atoms with E-state index in [9.17, 15) is 13.2 Å². The van der Waals surface area contributed by atoms with Crippen molar-refractivity contribution in [1.82, 2.24) is 9.38 Å². The van der Waals surface area contributed by atoms with Crippen molar-refractivity contribution in [3.8, 4) is 11.3 Å². The molecule has 0 saturated heterocycles. The Bertz CT molecular complexity index is 925. The third-order valence-corrected chi connectivity index (χ3v) is 4.32. The van der Waals surface area contributed by atoms with Crippen LogP contribution in [0.3, 0.4) is 0 Å². The Kier molecular flexibility index (Phi) is 3.10. The van der Waals surface area contributed by atoms with Crippen molar-refractivity contribution in [3.63, 3.8) is 0 Å². The summed E-state index contributed by atoms with van der Waals surface area (Å²) in [6.07, 6.45) is 5.45. The number of aromatic nitrogens is 2. The highest BCUT2D eigenvalue weighted by Crippen LogP contribution is 2.21. The van der Waals surface area contributed by atoms with Gasteiger partial charge in [0, 0.05) is 29.8 Å². The van der Waals surface area contributed by atoms with Gasteiger partial charge in [0.1, 0.15) is 5.65 Å². The fourth-order valence-electron chi connectivity index (χ4n) is 2.09. The zero-order valence-corrected chi connectivity index (χ0v) is 12.0. The Labute approximate surface area is 121 Å². The Morgan fingerprint density at radius 2 is 1.76 bits per heavy atom. The van der Waals surface area contributed by atoms with Crippen molar-refractivity contribution >= 4 is 21.8 Å². The second kappa shape index (κ2) is 4.82. The van der Waals surface area contributed by atoms with Crippen LogP contribution in [0.5, 0.6) is 0 Å². The Hall–Kier alpha value is -2.47. The van der Waals surface area contributed by atoms with Gasteiger partial charge in [0.05, 0.1) is 10.6 Å². The largest absolute Gasteiger partial charge is 0.306 e. The predicted octanol–water partition coefficient (Wildman–Crippen LogP) is 2.22. The molecule has 0 unspecified atom stereocenters. The Morgan fingerprint density at radius 3 is 2.38 bits per heavy atom. The molecule has 0 atom stereocenters. The quantitative estimate of drug-likeness (QED) is 0.695. The number of nitrogens with zero attached hydrogens (tertiary/aromatic N) is 2. The number of hydrogen-bond donors (Lipinski definition) is 0. The summed E-state index contributed by atoms with van der Waals surface area (Å²) in [5.41, 5.74) is 2.83. The highest BCUT2D eigenvalue weighted by molar-refractivity contribution is 7.90. The van der Waals surface area contributed by atoms with Crippen molar-refractivity contribution in [1.29, 1.82) is 0 Å². The van der Waals surface area contributed by atoms with Crippen molar-refractivity contribution in [2.24, 2.45) is 0 Å². The number of hydrogen-bond acceptors (Lipinski definition) is 4. The van der Waals surface area contributed by atoms with Gasteiger partial charge in [0.15, 0.2) is 16.1 Å². The third kappa shape index (κ3) is 2.57. The van der Waals surface area contributed by atoms with Crippen LogP contribution in [0.25, 0.3) is 16.9 Å². The van der Waals surface area contributed by atoms with E-state index in [2.05, 4.69) is 4.98 Å². The van der Waals surface area contributed by atoms with Crippen LogP contribution >= 0.6 is 0 Å². The van der Waals surface area contributed by atoms with Crippen molar-refractivity contribution in [3.05, 3.63) is 54.4 Å². The molecule has 3 aromatic rings. The van der Waals surface area contributed by atoms with Gasteiger partial charge < -0.3 is 4.40 Å². The minimum Gasteiger partial charge on any atom is -0.306 e. The predicted molar refractivity (Wildman–Crippen MR) is 79.1 cm³/mol. The smallest absolute Gasteiger partial charge is 0.175 e. The molecule has 2 aromatic heterocycles. The van der Waals surface area contributed by atoms with Crippen LogP contribution in [0.4, 0.5) is 0 Å². The van der Waals surface area contributed by atoms with Crippen LogP contribution in [-0.2, 0) is 9.84 Å². The van der Waals surface area contributed by atoms with Gasteiger partial charge in [-0.1, -0.05) is 12.1 Å². The molecule has 0 radical (unpaired) electrons. The molecule has 2 heterocycles. The molecule has 5 nitrogen and oxygen atoms in total. The first kappa shape index (κ1) is 13.5. The van der Waals surface area contributed by atoms with E-state index in [0.29, 0.717) is 5.56 Å². The second-order valence-electron chi connectivity index (χ2n) is 4.77. The molecule has 0 amide bonds. The number of rotatable bonds is 3. The van der Waals surface area contributed by atoms with Gasteiger partial charge >= 0.3 is 0 Å². The highest BCUT2D eigenvalue weighted by atomic mass is 32.2. The average molecular weight is 300 g/mol. The molecule has 3 rings (SSSR count). The van der Waals surface area contributed by atoms with Crippen LogP contribution in [0.1, 0.15) is 10.4 Å². The van der Waals surface area contributed by atoms with Crippen molar-refractivity contribution < 1.29 is 13.2 Å². The maximum Gasteiger partial charge on any atom is 0.175 e. The summed E-state index contributed by atoms with van der Waals surface area (Å²) in [6, 6.07) is 10.0. The molecule has 21 heavy (non-hydrogen) atoms. The lowest BCUT2D eigenvalue weighted by molar-refractivity contribution is 0.112. The number of fused-ring (bicyclic) bond motifs is 1. The fraction of sp³-hybridized carbons (Fsp3) is 0.0667. The summed E-state index contributed by atoms with van der Waals surface area (Å²) in [5.74, 6) is 0. The molecule has 0 saturated carbocycles. The lowest BCUT2D eigenvalue weighted by Gasteiger charge is -1.99. The molecule has 0 bridgehead atoms. The minimum absolute atomic E-state index is 0.276. The summed E-state index contributed by atoms with van der Waals surface area (Å²) in [7, 11) is -3.20. The van der Waals surface area contributed by atoms with E-state index in [1.807, 2.05) is 0 Å². The van der Waals surface area contributed by atoms with E-state index in [1.54, 1.807) is 53.2 Å². The van der Waals surface area contributed by atoms with E-state index in [-0.39, 0.29) is 4.90 Å². The van der Waals surface area contributed by atoms with Gasteiger partial charge in [-0.2, -0.15) is 0 Å². The number of imidazole rings is 1. The second-order valence-corrected chi connectivity index (χ2v) is 6.78. The average Bonchev–Trinajstić information content (AvgIpc) is 2.89. The van der Waals surface area contributed by atoms with Crippen molar-refractivity contribution in [2.75, 3.05) is 6.26 Å². The fourth-order valence-corrected chi connectivity index (χ4v) is 2.72. The third-order valence-electron chi connectivity index (χ3n) is 3.19. The van der Waals surface area contributed by atoms with Crippen LogP contribution in [-0.4, -0.2) is 30.3 Å². The van der Waals surface area contributed by atoms with Gasteiger partial charge in [-0.25, -0.2) is 13.4 Å². The molecule has 0 aliphatic rings. The highest BCUT2D eigenvalue weighted by Gasteiger charge is 2.09. The summed E-state index contributed by atoms with van der Waals surface area (Å²) in [4.78, 5) is 15.5. The van der Waals surface area contributed by atoms with Crippen LogP contribution in [0.2, 0.25) is 0 Å². The van der Waals surface area contributed by atoms with Gasteiger partial charge in [-0.15, -0.1) is 0 Å². The summed E-state index contributed by atoms with van der Waals surface area (Å²) >= 11 is 0. The van der Waals surface area contributed by atoms with E-state index >= 15 is 0 Å². The zero-order chi connectivity index (χ0) is 15.0. The van der Waals surface area contributed by atoms with Gasteiger partial charge in [0.25, 0.3) is 0 Å². The molecular weight excluding hydrogens is 288 g/mol. The minimum atomic E-state index is -3.20. The first-order valence-corrected chi connectivity index (χ1v) is 8.11. The van der Waals surface area contributed by atoms with Crippen molar-refractivity contribution in [2.45, 2.75) is 4.90 Å². The molecule has 0 spiro atoms. The Morgan fingerprint density at radius 1 is 1.05 bits per heavy atom. The molecule has 0 N–H and O–H groups in total. The normalized spacial score (nSPS) is 11.7. The summed E-state index contributed by atoms with van der Waals surface area (Å²) in [5, 5.41) is 0. The molecule has 0 aliphatic carbocycles. The summed E-state index contributed by atoms with van der Waals surface area (Å²) in [6.45, 7) is 0. The van der Waals surface area contributed by atoms with E-state index in [0.717, 1.165) is 23.2 Å². The van der Waals surface area contributed by atoms with Crippen LogP contribution < -0.4 is 0 Å². The van der Waals surface area contributed by atoms with Gasteiger partial charge in [0.2, 0.25) is 0 Å². The number of carbonyl (C=O) groups is 1. The lowest BCUT2D eigenvalue weighted by Crippen LogP contribution is -1.96. The molecule has 0 fully saturated rings. The molecule has 6 heteroatoms. The monoisotopic (exact) mass is 300 g/mol. The van der Waals surface area contributed by atoms with E-state index in [4.69, 9.17) is 0 Å². The standard InChI is InChI=1S/C15H12N2O3S/c1-21(19,20)13-5-3-12(4-6-13)14-9-17-8-11(10-18)2-7-15(17)16-14/h2-10H,1H3. The number of aldehydes is 1. The van der Waals surface area contributed by atoms with Crippen LogP contribution in [0.15, 0.2) is 53.7 Å². The van der Waals surface area contributed by atoms with Gasteiger partial charge in [-0.05, 0) is 24.3 Å². The number of carbonyl (C=O) groups excluding carboxylic acids is 1. The first-order chi connectivity index (χ1) is 9.97. The summed E-state index contributed by atoms with van der Waals surface area (Å²) < 4.78 is 24.6. The van der Waals surface area contributed by atoms with E-state index in [1.165, 1.54) is 6.26 Å². The zero-order valence-electron chi connectivity index (χ0n) is 11.2. The number of sulfone groups is 1. The molecule has 0 aliphatic heterocycles. The number of pyridine rings is 1. The lowest BCUT2D eigenvalue weighted by atomic mass is 10.2. The SMILES string of the molecule is CS(=O)(=O)c1ccc(-c2cn3cc(C=O)ccc3n2)cc1. The molecule has 106 valence electrons. The van der Waals surface area contributed by atoms with Crippen LogP contribution in [0, 0.1) is 0 Å². The maximum absolute atomic E-state index is 11.4. The van der Waals surface area contributed by atoms with Gasteiger partial charge in [-0.3, -0.25) is 4.79 Å².